The normalized spacial score (nSPS) is 17.1. The summed E-state index contributed by atoms with van der Waals surface area (Å²) in [5.74, 6) is -1.66. The van der Waals surface area contributed by atoms with E-state index in [4.69, 9.17) is 15.2 Å². The van der Waals surface area contributed by atoms with Crippen molar-refractivity contribution in [3.63, 3.8) is 0 Å². The molecule has 0 aliphatic carbocycles. The summed E-state index contributed by atoms with van der Waals surface area (Å²) < 4.78 is 36.6. The van der Waals surface area contributed by atoms with Gasteiger partial charge in [0.1, 0.15) is 17.8 Å². The molecule has 3 rings (SSSR count). The van der Waals surface area contributed by atoms with Crippen LogP contribution in [-0.4, -0.2) is 78.3 Å². The second-order valence-corrected chi connectivity index (χ2v) is 9.55. The molecular formula is C21H25N5O7S. The summed E-state index contributed by atoms with van der Waals surface area (Å²) in [6.45, 7) is 0.0747. The van der Waals surface area contributed by atoms with Crippen LogP contribution < -0.4 is 10.5 Å². The second-order valence-electron chi connectivity index (χ2n) is 7.76. The van der Waals surface area contributed by atoms with Crippen molar-refractivity contribution in [2.75, 3.05) is 20.6 Å². The van der Waals surface area contributed by atoms with Gasteiger partial charge in [0, 0.05) is 33.0 Å². The average Bonchev–Trinajstić information content (AvgIpc) is 3.32. The Balaban J connectivity index is 1.59. The number of carbonyl (C=O) groups is 3. The summed E-state index contributed by atoms with van der Waals surface area (Å²) >= 11 is 0. The molecular weight excluding hydrogens is 466 g/mol. The number of hydrogen-bond acceptors (Lipinski definition) is 10. The van der Waals surface area contributed by atoms with Crippen LogP contribution >= 0.6 is 0 Å². The van der Waals surface area contributed by atoms with Crippen LogP contribution in [0.25, 0.3) is 0 Å². The maximum absolute atomic E-state index is 12.8. The molecule has 0 saturated carbocycles. The van der Waals surface area contributed by atoms with Crippen LogP contribution in [0.4, 0.5) is 4.79 Å². The summed E-state index contributed by atoms with van der Waals surface area (Å²) in [7, 11) is -1.02. The van der Waals surface area contributed by atoms with Crippen molar-refractivity contribution >= 4 is 28.1 Å². The minimum Gasteiger partial charge on any atom is -0.410 e. The van der Waals surface area contributed by atoms with E-state index in [2.05, 4.69) is 9.97 Å². The summed E-state index contributed by atoms with van der Waals surface area (Å²) in [6.07, 6.45) is 2.69. The maximum Gasteiger partial charge on any atom is 0.414 e. The standard InChI is InChI=1S/C21H25N5O7S/c1-25(2)21(29)32-15-8-6-14(7-9-15)13-16(22)18(27)33-19(28)17-5-3-12-26(17)34(30,31)20-23-10-4-11-24-20/h4,6-11,16-17H,3,5,12-13,22H2,1-2H3/t16-,17+/m0/s1. The number of benzene rings is 1. The van der Waals surface area contributed by atoms with E-state index < -0.39 is 45.3 Å². The van der Waals surface area contributed by atoms with Gasteiger partial charge in [0.2, 0.25) is 0 Å². The zero-order valence-corrected chi connectivity index (χ0v) is 19.5. The molecule has 0 unspecified atom stereocenters. The Morgan fingerprint density at radius 2 is 1.82 bits per heavy atom. The number of amides is 1. The van der Waals surface area contributed by atoms with Crippen LogP contribution in [0.1, 0.15) is 18.4 Å². The molecule has 1 aromatic heterocycles. The number of ether oxygens (including phenoxy) is 2. The Morgan fingerprint density at radius 3 is 2.44 bits per heavy atom. The van der Waals surface area contributed by atoms with Crippen molar-refractivity contribution in [1.29, 1.82) is 0 Å². The highest BCUT2D eigenvalue weighted by molar-refractivity contribution is 7.89. The number of hydrogen-bond donors (Lipinski definition) is 1. The molecule has 1 saturated heterocycles. The van der Waals surface area contributed by atoms with Crippen LogP contribution in [-0.2, 0) is 30.8 Å². The Morgan fingerprint density at radius 1 is 1.18 bits per heavy atom. The minimum atomic E-state index is -4.13. The van der Waals surface area contributed by atoms with Crippen LogP contribution in [0, 0.1) is 0 Å². The Labute approximate surface area is 196 Å². The van der Waals surface area contributed by atoms with E-state index in [0.717, 1.165) is 4.31 Å². The van der Waals surface area contributed by atoms with E-state index in [0.29, 0.717) is 17.7 Å². The third-order valence-electron chi connectivity index (χ3n) is 5.01. The zero-order valence-electron chi connectivity index (χ0n) is 18.7. The van der Waals surface area contributed by atoms with E-state index in [1.54, 1.807) is 38.4 Å². The van der Waals surface area contributed by atoms with Crippen molar-refractivity contribution in [3.05, 3.63) is 48.3 Å². The van der Waals surface area contributed by atoms with E-state index in [-0.39, 0.29) is 19.4 Å². The van der Waals surface area contributed by atoms with Gasteiger partial charge in [0.15, 0.2) is 0 Å². The third-order valence-corrected chi connectivity index (χ3v) is 6.74. The van der Waals surface area contributed by atoms with E-state index in [1.807, 2.05) is 0 Å². The number of esters is 2. The number of sulfonamides is 1. The van der Waals surface area contributed by atoms with Gasteiger partial charge in [-0.25, -0.2) is 32.8 Å². The van der Waals surface area contributed by atoms with Gasteiger partial charge in [0.05, 0.1) is 0 Å². The second kappa shape index (κ2) is 10.7. The first kappa shape index (κ1) is 25.2. The van der Waals surface area contributed by atoms with Crippen LogP contribution in [0.5, 0.6) is 5.75 Å². The molecule has 12 nitrogen and oxygen atoms in total. The predicted molar refractivity (Wildman–Crippen MR) is 118 cm³/mol. The molecule has 13 heteroatoms. The van der Waals surface area contributed by atoms with Gasteiger partial charge in [-0.05, 0) is 43.0 Å². The summed E-state index contributed by atoms with van der Waals surface area (Å²) in [5, 5.41) is -0.433. The van der Waals surface area contributed by atoms with Crippen molar-refractivity contribution in [3.8, 4) is 5.75 Å². The third kappa shape index (κ3) is 5.92. The van der Waals surface area contributed by atoms with Gasteiger partial charge in [-0.15, -0.1) is 0 Å². The summed E-state index contributed by atoms with van der Waals surface area (Å²) in [4.78, 5) is 45.4. The van der Waals surface area contributed by atoms with Crippen LogP contribution in [0.3, 0.4) is 0 Å². The van der Waals surface area contributed by atoms with Crippen LogP contribution in [0.15, 0.2) is 47.9 Å². The molecule has 34 heavy (non-hydrogen) atoms. The summed E-state index contributed by atoms with van der Waals surface area (Å²) in [6, 6.07) is 5.48. The van der Waals surface area contributed by atoms with Crippen molar-refractivity contribution < 1.29 is 32.3 Å². The van der Waals surface area contributed by atoms with Gasteiger partial charge >= 0.3 is 18.0 Å². The highest BCUT2D eigenvalue weighted by Gasteiger charge is 2.42. The molecule has 0 bridgehead atoms. The fraction of sp³-hybridized carbons (Fsp3) is 0.381. The molecule has 1 amide bonds. The molecule has 2 N–H and O–H groups in total. The number of nitrogens with zero attached hydrogens (tertiary/aromatic N) is 4. The topological polar surface area (TPSA) is 162 Å². The molecule has 1 aliphatic rings. The van der Waals surface area contributed by atoms with Crippen molar-refractivity contribution in [2.45, 2.75) is 36.5 Å². The van der Waals surface area contributed by atoms with Crippen molar-refractivity contribution in [2.24, 2.45) is 5.73 Å². The first-order valence-corrected chi connectivity index (χ1v) is 11.8. The zero-order chi connectivity index (χ0) is 24.9. The molecule has 0 radical (unpaired) electrons. The highest BCUT2D eigenvalue weighted by atomic mass is 32.2. The average molecular weight is 492 g/mol. The lowest BCUT2D eigenvalue weighted by Gasteiger charge is -2.21. The van der Waals surface area contributed by atoms with Gasteiger partial charge in [-0.1, -0.05) is 12.1 Å². The van der Waals surface area contributed by atoms with Gasteiger partial charge < -0.3 is 20.1 Å². The van der Waals surface area contributed by atoms with Crippen LogP contribution in [0.2, 0.25) is 0 Å². The maximum atomic E-state index is 12.8. The highest BCUT2D eigenvalue weighted by Crippen LogP contribution is 2.25. The van der Waals surface area contributed by atoms with Crippen molar-refractivity contribution in [1.82, 2.24) is 19.2 Å². The van der Waals surface area contributed by atoms with E-state index in [1.165, 1.54) is 23.4 Å². The summed E-state index contributed by atoms with van der Waals surface area (Å²) in [5.41, 5.74) is 6.54. The van der Waals surface area contributed by atoms with E-state index >= 15 is 0 Å². The lowest BCUT2D eigenvalue weighted by Crippen LogP contribution is -2.44. The molecule has 2 atom stereocenters. The first-order chi connectivity index (χ1) is 16.1. The molecule has 1 fully saturated rings. The molecule has 2 heterocycles. The number of aromatic nitrogens is 2. The Bertz CT molecular complexity index is 1140. The lowest BCUT2D eigenvalue weighted by atomic mass is 10.1. The predicted octanol–water partition coefficient (Wildman–Crippen LogP) is 0.330. The van der Waals surface area contributed by atoms with Gasteiger partial charge in [0.25, 0.3) is 15.2 Å². The lowest BCUT2D eigenvalue weighted by molar-refractivity contribution is -0.162. The van der Waals surface area contributed by atoms with E-state index in [9.17, 15) is 22.8 Å². The first-order valence-electron chi connectivity index (χ1n) is 10.4. The molecule has 182 valence electrons. The fourth-order valence-corrected chi connectivity index (χ4v) is 4.75. The van der Waals surface area contributed by atoms with Gasteiger partial charge in [-0.3, -0.25) is 0 Å². The number of rotatable bonds is 7. The Kier molecular flexibility index (Phi) is 7.91. The number of carbonyl (C=O) groups excluding carboxylic acids is 3. The smallest absolute Gasteiger partial charge is 0.410 e. The molecule has 1 aromatic carbocycles. The monoisotopic (exact) mass is 491 g/mol. The molecule has 2 aromatic rings. The minimum absolute atomic E-state index is 0.0541. The largest absolute Gasteiger partial charge is 0.414 e. The molecule has 0 spiro atoms. The quantitative estimate of drug-likeness (QED) is 0.324. The number of nitrogens with two attached hydrogens (primary N) is 1. The SMILES string of the molecule is CN(C)C(=O)Oc1ccc(C[C@H](N)C(=O)OC(=O)[C@H]2CCCN2S(=O)(=O)c2ncccn2)cc1. The fourth-order valence-electron chi connectivity index (χ4n) is 3.25. The Hall–Kier alpha value is -3.42. The van der Waals surface area contributed by atoms with Gasteiger partial charge in [-0.2, -0.15) is 4.31 Å². The molecule has 1 aliphatic heterocycles.